The number of anilines is 2. The third kappa shape index (κ3) is 1.87. The second-order valence-corrected chi connectivity index (χ2v) is 5.35. The van der Waals surface area contributed by atoms with Gasteiger partial charge in [0.05, 0.1) is 35.0 Å². The molecule has 0 aliphatic carbocycles. The van der Waals surface area contributed by atoms with Crippen LogP contribution in [0.4, 0.5) is 20.2 Å². The first-order chi connectivity index (χ1) is 9.40. The van der Waals surface area contributed by atoms with Crippen LogP contribution in [0.25, 0.3) is 10.9 Å². The van der Waals surface area contributed by atoms with Crippen molar-refractivity contribution >= 4 is 22.3 Å². The summed E-state index contributed by atoms with van der Waals surface area (Å²) in [6.07, 6.45) is 0. The standard InChI is InChI=1S/C14H16F2N4/c1-20-6-9(14(15,16)7-20)13-12(18)11(17)8-4-2-3-5-10(8)19-13/h2-5,9H,6-7,18H2,1H3,(H2,17,19). The molecule has 4 nitrogen and oxygen atoms in total. The topological polar surface area (TPSA) is 68.2 Å². The van der Waals surface area contributed by atoms with Gasteiger partial charge in [-0.15, -0.1) is 0 Å². The number of halogens is 2. The Morgan fingerprint density at radius 3 is 2.60 bits per heavy atom. The van der Waals surface area contributed by atoms with Gasteiger partial charge in [-0.2, -0.15) is 0 Å². The number of nitrogen functional groups attached to an aromatic ring is 2. The van der Waals surface area contributed by atoms with Gasteiger partial charge in [-0.3, -0.25) is 4.90 Å². The van der Waals surface area contributed by atoms with E-state index in [0.717, 1.165) is 0 Å². The van der Waals surface area contributed by atoms with E-state index in [1.54, 1.807) is 30.1 Å². The number of fused-ring (bicyclic) bond motifs is 1. The summed E-state index contributed by atoms with van der Waals surface area (Å²) in [4.78, 5) is 5.92. The van der Waals surface area contributed by atoms with Crippen LogP contribution in [0.5, 0.6) is 0 Å². The monoisotopic (exact) mass is 278 g/mol. The van der Waals surface area contributed by atoms with Crippen molar-refractivity contribution in [3.8, 4) is 0 Å². The van der Waals surface area contributed by atoms with Gasteiger partial charge < -0.3 is 11.5 Å². The van der Waals surface area contributed by atoms with Gasteiger partial charge in [-0.05, 0) is 13.1 Å². The van der Waals surface area contributed by atoms with E-state index < -0.39 is 11.8 Å². The van der Waals surface area contributed by atoms with Crippen molar-refractivity contribution in [2.45, 2.75) is 11.8 Å². The molecule has 0 amide bonds. The fraction of sp³-hybridized carbons (Fsp3) is 0.357. The maximum atomic E-state index is 14.1. The summed E-state index contributed by atoms with van der Waals surface area (Å²) in [5.41, 5.74) is 13.2. The molecule has 1 aromatic heterocycles. The molecule has 1 saturated heterocycles. The molecule has 1 aromatic carbocycles. The third-order valence-corrected chi connectivity index (χ3v) is 3.82. The number of likely N-dealkylation sites (N-methyl/N-ethyl adjacent to an activating group) is 1. The van der Waals surface area contributed by atoms with E-state index in [-0.39, 0.29) is 24.5 Å². The van der Waals surface area contributed by atoms with Gasteiger partial charge in [0.2, 0.25) is 0 Å². The zero-order valence-corrected chi connectivity index (χ0v) is 11.1. The SMILES string of the molecule is CN1CC(c2nc3ccccc3c(N)c2N)C(F)(F)C1. The van der Waals surface area contributed by atoms with E-state index >= 15 is 0 Å². The van der Waals surface area contributed by atoms with Crippen molar-refractivity contribution < 1.29 is 8.78 Å². The summed E-state index contributed by atoms with van der Waals surface area (Å²) in [7, 11) is 1.66. The quantitative estimate of drug-likeness (QED) is 0.838. The van der Waals surface area contributed by atoms with Gasteiger partial charge in [0.1, 0.15) is 0 Å². The molecular weight excluding hydrogens is 262 g/mol. The molecule has 2 heterocycles. The first-order valence-corrected chi connectivity index (χ1v) is 6.40. The van der Waals surface area contributed by atoms with Crippen LogP contribution < -0.4 is 11.5 Å². The number of pyridine rings is 1. The number of likely N-dealkylation sites (tertiary alicyclic amines) is 1. The highest BCUT2D eigenvalue weighted by Gasteiger charge is 2.49. The normalized spacial score (nSPS) is 22.4. The molecule has 4 N–H and O–H groups in total. The highest BCUT2D eigenvalue weighted by molar-refractivity contribution is 5.96. The number of hydrogen-bond donors (Lipinski definition) is 2. The Morgan fingerprint density at radius 2 is 1.95 bits per heavy atom. The zero-order valence-electron chi connectivity index (χ0n) is 11.1. The lowest BCUT2D eigenvalue weighted by molar-refractivity contribution is -0.00188. The Bertz CT molecular complexity index is 672. The number of nitrogens with zero attached hydrogens (tertiary/aromatic N) is 2. The molecule has 1 unspecified atom stereocenters. The van der Waals surface area contributed by atoms with E-state index in [4.69, 9.17) is 11.5 Å². The summed E-state index contributed by atoms with van der Waals surface area (Å²) in [5, 5.41) is 0.698. The van der Waals surface area contributed by atoms with Crippen molar-refractivity contribution in [2.75, 3.05) is 31.6 Å². The second-order valence-electron chi connectivity index (χ2n) is 5.35. The zero-order chi connectivity index (χ0) is 14.5. The number of rotatable bonds is 1. The number of hydrogen-bond acceptors (Lipinski definition) is 4. The number of alkyl halides is 2. The highest BCUT2D eigenvalue weighted by Crippen LogP contribution is 2.43. The minimum Gasteiger partial charge on any atom is -0.396 e. The van der Waals surface area contributed by atoms with Crippen LogP contribution >= 0.6 is 0 Å². The molecule has 1 atom stereocenters. The fourth-order valence-electron chi connectivity index (χ4n) is 2.80. The molecular formula is C14H16F2N4. The first kappa shape index (κ1) is 13.1. The summed E-state index contributed by atoms with van der Waals surface area (Å²) >= 11 is 0. The average Bonchev–Trinajstić information content (AvgIpc) is 2.67. The Labute approximate surface area is 115 Å². The van der Waals surface area contributed by atoms with Crippen molar-refractivity contribution in [3.63, 3.8) is 0 Å². The maximum Gasteiger partial charge on any atom is 0.270 e. The Morgan fingerprint density at radius 1 is 1.25 bits per heavy atom. The molecule has 1 aliphatic rings. The second kappa shape index (κ2) is 4.28. The molecule has 20 heavy (non-hydrogen) atoms. The largest absolute Gasteiger partial charge is 0.396 e. The number of benzene rings is 1. The van der Waals surface area contributed by atoms with Crippen LogP contribution in [0.15, 0.2) is 24.3 Å². The third-order valence-electron chi connectivity index (χ3n) is 3.82. The fourth-order valence-corrected chi connectivity index (χ4v) is 2.80. The Hall–Kier alpha value is -1.95. The predicted octanol–water partition coefficient (Wildman–Crippen LogP) is 2.06. The van der Waals surface area contributed by atoms with Crippen LogP contribution in [0, 0.1) is 0 Å². The van der Waals surface area contributed by atoms with E-state index in [2.05, 4.69) is 4.98 Å². The van der Waals surface area contributed by atoms with Crippen molar-refractivity contribution in [2.24, 2.45) is 0 Å². The maximum absolute atomic E-state index is 14.1. The molecule has 106 valence electrons. The highest BCUT2D eigenvalue weighted by atomic mass is 19.3. The van der Waals surface area contributed by atoms with Crippen LogP contribution in [0.3, 0.4) is 0 Å². The lowest BCUT2D eigenvalue weighted by Crippen LogP contribution is -2.27. The van der Waals surface area contributed by atoms with E-state index in [1.807, 2.05) is 6.07 Å². The van der Waals surface area contributed by atoms with E-state index in [0.29, 0.717) is 16.6 Å². The smallest absolute Gasteiger partial charge is 0.270 e. The van der Waals surface area contributed by atoms with Gasteiger partial charge in [-0.25, -0.2) is 13.8 Å². The average molecular weight is 278 g/mol. The molecule has 6 heteroatoms. The molecule has 2 aromatic rings. The lowest BCUT2D eigenvalue weighted by Gasteiger charge is -2.20. The number of para-hydroxylation sites is 1. The molecule has 1 fully saturated rings. The van der Waals surface area contributed by atoms with Crippen LogP contribution in [-0.2, 0) is 0 Å². The summed E-state index contributed by atoms with van der Waals surface area (Å²) in [5.74, 6) is -3.86. The number of aromatic nitrogens is 1. The van der Waals surface area contributed by atoms with E-state index in [9.17, 15) is 8.78 Å². The molecule has 0 saturated carbocycles. The van der Waals surface area contributed by atoms with Crippen molar-refractivity contribution in [1.29, 1.82) is 0 Å². The van der Waals surface area contributed by atoms with Gasteiger partial charge in [0.15, 0.2) is 0 Å². The first-order valence-electron chi connectivity index (χ1n) is 6.40. The summed E-state index contributed by atoms with van der Waals surface area (Å²) in [6, 6.07) is 7.16. The van der Waals surface area contributed by atoms with Crippen LogP contribution in [0.2, 0.25) is 0 Å². The van der Waals surface area contributed by atoms with Gasteiger partial charge in [-0.1, -0.05) is 18.2 Å². The van der Waals surface area contributed by atoms with Crippen LogP contribution in [-0.4, -0.2) is 35.9 Å². The molecule has 0 bridgehead atoms. The van der Waals surface area contributed by atoms with Gasteiger partial charge >= 0.3 is 0 Å². The molecule has 1 aliphatic heterocycles. The van der Waals surface area contributed by atoms with Gasteiger partial charge in [0.25, 0.3) is 5.92 Å². The van der Waals surface area contributed by atoms with Gasteiger partial charge in [0, 0.05) is 11.9 Å². The van der Waals surface area contributed by atoms with Crippen molar-refractivity contribution in [1.82, 2.24) is 9.88 Å². The summed E-state index contributed by atoms with van der Waals surface area (Å²) < 4.78 is 28.2. The molecule has 3 rings (SSSR count). The van der Waals surface area contributed by atoms with Crippen molar-refractivity contribution in [3.05, 3.63) is 30.0 Å². The minimum atomic E-state index is -2.84. The minimum absolute atomic E-state index is 0.170. The Kier molecular flexibility index (Phi) is 2.79. The predicted molar refractivity (Wildman–Crippen MR) is 75.8 cm³/mol. The molecule has 0 spiro atoms. The van der Waals surface area contributed by atoms with Crippen LogP contribution in [0.1, 0.15) is 11.6 Å². The Balaban J connectivity index is 2.19. The number of nitrogens with two attached hydrogens (primary N) is 2. The van der Waals surface area contributed by atoms with E-state index in [1.165, 1.54) is 0 Å². The summed E-state index contributed by atoms with van der Waals surface area (Å²) in [6.45, 7) is -0.0620. The molecule has 0 radical (unpaired) electrons. The lowest BCUT2D eigenvalue weighted by atomic mass is 9.97.